The van der Waals surface area contributed by atoms with E-state index in [-0.39, 0.29) is 11.9 Å². The van der Waals surface area contributed by atoms with Gasteiger partial charge in [0.05, 0.1) is 12.8 Å². The molecule has 0 saturated carbocycles. The van der Waals surface area contributed by atoms with E-state index >= 15 is 0 Å². The smallest absolute Gasteiger partial charge is 0.315 e. The normalized spacial score (nSPS) is 17.8. The molecule has 2 rings (SSSR count). The molecule has 0 bridgehead atoms. The van der Waals surface area contributed by atoms with Gasteiger partial charge in [0.2, 0.25) is 5.91 Å². The molecule has 1 aliphatic heterocycles. The van der Waals surface area contributed by atoms with Gasteiger partial charge in [-0.25, -0.2) is 4.79 Å². The van der Waals surface area contributed by atoms with Crippen LogP contribution in [-0.4, -0.2) is 63.7 Å². The molecule has 1 saturated heterocycles. The van der Waals surface area contributed by atoms with Gasteiger partial charge in [-0.3, -0.25) is 4.79 Å². The molecular formula is C18H28N4O3. The Kier molecular flexibility index (Phi) is 6.50. The van der Waals surface area contributed by atoms with Crippen LogP contribution in [0.4, 0.5) is 10.5 Å². The highest BCUT2D eigenvalue weighted by Crippen LogP contribution is 2.31. The van der Waals surface area contributed by atoms with E-state index in [1.165, 1.54) is 4.90 Å². The number of anilines is 1. The predicted molar refractivity (Wildman–Crippen MR) is 98.0 cm³/mol. The van der Waals surface area contributed by atoms with E-state index in [0.717, 1.165) is 30.9 Å². The highest BCUT2D eigenvalue weighted by Gasteiger charge is 2.25. The maximum atomic E-state index is 12.0. The Balaban J connectivity index is 1.79. The summed E-state index contributed by atoms with van der Waals surface area (Å²) in [5.74, 6) is 1.11. The number of carbonyl (C=O) groups excluding carboxylic acids is 2. The van der Waals surface area contributed by atoms with Gasteiger partial charge >= 0.3 is 6.03 Å². The summed E-state index contributed by atoms with van der Waals surface area (Å²) in [6.07, 6.45) is 1.00. The van der Waals surface area contributed by atoms with Crippen LogP contribution in [-0.2, 0) is 4.79 Å². The number of amides is 3. The van der Waals surface area contributed by atoms with E-state index in [9.17, 15) is 9.59 Å². The van der Waals surface area contributed by atoms with E-state index in [4.69, 9.17) is 4.74 Å². The summed E-state index contributed by atoms with van der Waals surface area (Å²) >= 11 is 0. The first kappa shape index (κ1) is 18.9. The predicted octanol–water partition coefficient (Wildman–Crippen LogP) is 1.30. The van der Waals surface area contributed by atoms with Crippen molar-refractivity contribution in [2.45, 2.75) is 19.4 Å². The topological polar surface area (TPSA) is 73.9 Å². The lowest BCUT2D eigenvalue weighted by atomic mass is 10.1. The van der Waals surface area contributed by atoms with E-state index in [2.05, 4.69) is 21.6 Å². The molecule has 7 nitrogen and oxygen atoms in total. The summed E-state index contributed by atoms with van der Waals surface area (Å²) < 4.78 is 5.42. The summed E-state index contributed by atoms with van der Waals surface area (Å²) in [4.78, 5) is 27.5. The first-order valence-electron chi connectivity index (χ1n) is 8.56. The van der Waals surface area contributed by atoms with Crippen molar-refractivity contribution >= 4 is 17.6 Å². The standard InChI is InChI=1S/C18H28N4O3/c1-13(17(23)21(2)3)20-18(24)19-11-14-9-10-22(12-14)15-7-5-6-8-16(15)25-4/h5-8,13-14H,9-12H2,1-4H3,(H2,19,20,24). The van der Waals surface area contributed by atoms with Crippen LogP contribution < -0.4 is 20.3 Å². The average molecular weight is 348 g/mol. The number of likely N-dealkylation sites (N-methyl/N-ethyl adjacent to an activating group) is 1. The summed E-state index contributed by atoms with van der Waals surface area (Å²) in [6.45, 7) is 4.07. The van der Waals surface area contributed by atoms with Crippen molar-refractivity contribution in [3.05, 3.63) is 24.3 Å². The van der Waals surface area contributed by atoms with Crippen molar-refractivity contribution in [1.29, 1.82) is 0 Å². The van der Waals surface area contributed by atoms with E-state index in [1.54, 1.807) is 28.1 Å². The second-order valence-corrected chi connectivity index (χ2v) is 6.58. The largest absolute Gasteiger partial charge is 0.495 e. The highest BCUT2D eigenvalue weighted by atomic mass is 16.5. The monoisotopic (exact) mass is 348 g/mol. The molecule has 7 heteroatoms. The number of ether oxygens (including phenoxy) is 1. The van der Waals surface area contributed by atoms with Gasteiger partial charge in [-0.15, -0.1) is 0 Å². The van der Waals surface area contributed by atoms with E-state index in [1.807, 2.05) is 18.2 Å². The average Bonchev–Trinajstić information content (AvgIpc) is 3.07. The molecule has 1 heterocycles. The van der Waals surface area contributed by atoms with Gasteiger partial charge in [-0.05, 0) is 31.4 Å². The molecule has 2 N–H and O–H groups in total. The molecule has 0 radical (unpaired) electrons. The zero-order valence-electron chi connectivity index (χ0n) is 15.4. The van der Waals surface area contributed by atoms with Crippen molar-refractivity contribution in [1.82, 2.24) is 15.5 Å². The summed E-state index contributed by atoms with van der Waals surface area (Å²) in [7, 11) is 5.02. The fourth-order valence-electron chi connectivity index (χ4n) is 3.04. The third-order valence-corrected chi connectivity index (χ3v) is 4.42. The lowest BCUT2D eigenvalue weighted by molar-refractivity contribution is -0.130. The molecule has 0 aliphatic carbocycles. The number of nitrogens with one attached hydrogen (secondary N) is 2. The van der Waals surface area contributed by atoms with Gasteiger partial charge in [0.15, 0.2) is 0 Å². The van der Waals surface area contributed by atoms with Crippen molar-refractivity contribution in [3.63, 3.8) is 0 Å². The second kappa shape index (κ2) is 8.60. The van der Waals surface area contributed by atoms with Gasteiger partial charge in [0, 0.05) is 33.7 Å². The fourth-order valence-corrected chi connectivity index (χ4v) is 3.04. The third kappa shape index (κ3) is 5.01. The first-order valence-corrected chi connectivity index (χ1v) is 8.56. The van der Waals surface area contributed by atoms with Crippen molar-refractivity contribution in [3.8, 4) is 5.75 Å². The minimum Gasteiger partial charge on any atom is -0.495 e. The van der Waals surface area contributed by atoms with Crippen LogP contribution in [0.5, 0.6) is 5.75 Å². The Hall–Kier alpha value is -2.44. The quantitative estimate of drug-likeness (QED) is 0.813. The Bertz CT molecular complexity index is 606. The molecule has 1 aromatic rings. The molecule has 1 aromatic carbocycles. The molecule has 0 spiro atoms. The first-order chi connectivity index (χ1) is 11.9. The number of rotatable bonds is 6. The molecule has 2 atom stereocenters. The van der Waals surface area contributed by atoms with Gasteiger partial charge < -0.3 is 25.2 Å². The maximum absolute atomic E-state index is 12.0. The van der Waals surface area contributed by atoms with Crippen LogP contribution in [0.1, 0.15) is 13.3 Å². The number of nitrogens with zero attached hydrogens (tertiary/aromatic N) is 2. The van der Waals surface area contributed by atoms with Crippen LogP contribution >= 0.6 is 0 Å². The lowest BCUT2D eigenvalue weighted by Crippen LogP contribution is -2.48. The van der Waals surface area contributed by atoms with Crippen molar-refractivity contribution in [2.24, 2.45) is 5.92 Å². The number of carbonyl (C=O) groups is 2. The molecule has 1 fully saturated rings. The van der Waals surface area contributed by atoms with E-state index < -0.39 is 6.04 Å². The minimum atomic E-state index is -0.538. The van der Waals surface area contributed by atoms with Crippen LogP contribution in [0, 0.1) is 5.92 Å². The van der Waals surface area contributed by atoms with Crippen molar-refractivity contribution in [2.75, 3.05) is 45.7 Å². The molecule has 2 unspecified atom stereocenters. The lowest BCUT2D eigenvalue weighted by Gasteiger charge is -2.21. The van der Waals surface area contributed by atoms with Gasteiger partial charge in [0.1, 0.15) is 11.8 Å². The van der Waals surface area contributed by atoms with E-state index in [0.29, 0.717) is 12.5 Å². The van der Waals surface area contributed by atoms with Gasteiger partial charge in [-0.2, -0.15) is 0 Å². The Morgan fingerprint density at radius 1 is 1.36 bits per heavy atom. The second-order valence-electron chi connectivity index (χ2n) is 6.58. The SMILES string of the molecule is COc1ccccc1N1CCC(CNC(=O)NC(C)C(=O)N(C)C)C1. The van der Waals surface area contributed by atoms with Gasteiger partial charge in [-0.1, -0.05) is 12.1 Å². The summed E-state index contributed by atoms with van der Waals surface area (Å²) in [6, 6.07) is 7.12. The van der Waals surface area contributed by atoms with Crippen molar-refractivity contribution < 1.29 is 14.3 Å². The maximum Gasteiger partial charge on any atom is 0.315 e. The highest BCUT2D eigenvalue weighted by molar-refractivity contribution is 5.86. The molecular weight excluding hydrogens is 320 g/mol. The van der Waals surface area contributed by atoms with Crippen LogP contribution in [0.15, 0.2) is 24.3 Å². The number of para-hydroxylation sites is 2. The molecule has 1 aliphatic rings. The number of hydrogen-bond donors (Lipinski definition) is 2. The Labute approximate surface area is 149 Å². The number of benzene rings is 1. The molecule has 138 valence electrons. The summed E-state index contributed by atoms with van der Waals surface area (Å²) in [5, 5.41) is 5.54. The number of hydrogen-bond acceptors (Lipinski definition) is 4. The van der Waals surface area contributed by atoms with Gasteiger partial charge in [0.25, 0.3) is 0 Å². The molecule has 25 heavy (non-hydrogen) atoms. The van der Waals surface area contributed by atoms with Crippen LogP contribution in [0.3, 0.4) is 0 Å². The molecule has 0 aromatic heterocycles. The van der Waals surface area contributed by atoms with Crippen LogP contribution in [0.2, 0.25) is 0 Å². The number of methoxy groups -OCH3 is 1. The minimum absolute atomic E-state index is 0.127. The third-order valence-electron chi connectivity index (χ3n) is 4.42. The summed E-state index contributed by atoms with van der Waals surface area (Å²) in [5.41, 5.74) is 1.09. The van der Waals surface area contributed by atoms with Crippen LogP contribution in [0.25, 0.3) is 0 Å². The zero-order valence-corrected chi connectivity index (χ0v) is 15.4. The molecule has 3 amide bonds. The fraction of sp³-hybridized carbons (Fsp3) is 0.556. The number of urea groups is 1. The Morgan fingerprint density at radius 2 is 2.08 bits per heavy atom. The zero-order chi connectivity index (χ0) is 18.4. The Morgan fingerprint density at radius 3 is 2.76 bits per heavy atom.